The van der Waals surface area contributed by atoms with Crippen LogP contribution >= 0.6 is 35.1 Å². The lowest BCUT2D eigenvalue weighted by Gasteiger charge is -2.14. The molecule has 0 saturated carbocycles. The van der Waals surface area contributed by atoms with Gasteiger partial charge in [0.05, 0.1) is 11.0 Å². The minimum atomic E-state index is -5.03. The Morgan fingerprint density at radius 3 is 2.13 bits per heavy atom. The lowest BCUT2D eigenvalue weighted by atomic mass is 10.3. The quantitative estimate of drug-likeness (QED) is 0.500. The number of nitrogens with zero attached hydrogens (tertiary/aromatic N) is 2. The predicted octanol–water partition coefficient (Wildman–Crippen LogP) is 5.51. The molecule has 1 aromatic carbocycles. The van der Waals surface area contributed by atoms with E-state index >= 15 is 0 Å². The number of imidazole rings is 1. The summed E-state index contributed by atoms with van der Waals surface area (Å²) < 4.78 is 89.1. The van der Waals surface area contributed by atoms with E-state index in [0.29, 0.717) is 6.07 Å². The fourth-order valence-electron chi connectivity index (χ4n) is 1.61. The van der Waals surface area contributed by atoms with Crippen LogP contribution in [0.15, 0.2) is 18.2 Å². The Kier molecular flexibility index (Phi) is 4.59. The summed E-state index contributed by atoms with van der Waals surface area (Å²) >= 11 is 9.82. The van der Waals surface area contributed by atoms with Crippen LogP contribution in [0.1, 0.15) is 5.82 Å². The third-order valence-electron chi connectivity index (χ3n) is 2.27. The van der Waals surface area contributed by atoms with Gasteiger partial charge in [0.25, 0.3) is 0 Å². The van der Waals surface area contributed by atoms with Crippen molar-refractivity contribution in [3.05, 3.63) is 24.0 Å². The largest absolute Gasteiger partial charge is 0.573 e. The summed E-state index contributed by atoms with van der Waals surface area (Å²) in [5.41, 5.74) is -0.857. The van der Waals surface area contributed by atoms with Crippen molar-refractivity contribution in [3.8, 4) is 5.75 Å². The molecule has 0 bridgehead atoms. The molecular formula is C10H3Cl2F7N2OS. The fourth-order valence-corrected chi connectivity index (χ4v) is 2.71. The van der Waals surface area contributed by atoms with Gasteiger partial charge in [-0.2, -0.15) is 17.6 Å². The normalized spacial score (nSPS) is 13.6. The average Bonchev–Trinajstić information content (AvgIpc) is 2.62. The predicted molar refractivity (Wildman–Crippen MR) is 70.0 cm³/mol. The van der Waals surface area contributed by atoms with Gasteiger partial charge in [-0.15, -0.1) is 13.2 Å². The van der Waals surface area contributed by atoms with Crippen LogP contribution < -0.4 is 4.74 Å². The molecule has 0 spiro atoms. The first-order valence-corrected chi connectivity index (χ1v) is 6.91. The lowest BCUT2D eigenvalue weighted by Crippen LogP contribution is -2.17. The first-order valence-electron chi connectivity index (χ1n) is 5.38. The van der Waals surface area contributed by atoms with E-state index in [9.17, 15) is 30.7 Å². The van der Waals surface area contributed by atoms with E-state index in [1.807, 2.05) is 0 Å². The molecule has 0 N–H and O–H groups in total. The zero-order valence-electron chi connectivity index (χ0n) is 10.3. The van der Waals surface area contributed by atoms with Gasteiger partial charge < -0.3 is 4.74 Å². The molecule has 0 saturated heterocycles. The third-order valence-corrected chi connectivity index (χ3v) is 3.44. The summed E-state index contributed by atoms with van der Waals surface area (Å²) in [4.78, 5) is 3.14. The van der Waals surface area contributed by atoms with Gasteiger partial charge in [0.1, 0.15) is 5.75 Å². The maximum Gasteiger partial charge on any atom is 0.573 e. The Morgan fingerprint density at radius 1 is 1.04 bits per heavy atom. The summed E-state index contributed by atoms with van der Waals surface area (Å²) in [5, 5.41) is 0. The standard InChI is InChI=1S/C10H3Cl2F7N2OS/c11-9(12,16)23-21-6-2-1-4(22-10(17,18)19)3-5(6)20-7(21)8(13,14)15/h1-3H. The number of alkyl halides is 9. The van der Waals surface area contributed by atoms with Gasteiger partial charge in [0.2, 0.25) is 5.82 Å². The maximum atomic E-state index is 13.3. The second-order valence-corrected chi connectivity index (χ2v) is 6.76. The minimum absolute atomic E-state index is 0.243. The van der Waals surface area contributed by atoms with E-state index < -0.39 is 33.5 Å². The summed E-state index contributed by atoms with van der Waals surface area (Å²) in [6, 6.07) is 2.21. The van der Waals surface area contributed by atoms with E-state index in [2.05, 4.69) is 9.72 Å². The second-order valence-electron chi connectivity index (χ2n) is 3.96. The van der Waals surface area contributed by atoms with Crippen molar-refractivity contribution >= 4 is 46.2 Å². The molecule has 0 fully saturated rings. The molecular weight excluding hydrogens is 400 g/mol. The van der Waals surface area contributed by atoms with E-state index in [1.54, 1.807) is 0 Å². The monoisotopic (exact) mass is 402 g/mol. The molecule has 1 heterocycles. The molecule has 0 aliphatic heterocycles. The number of aromatic nitrogens is 2. The minimum Gasteiger partial charge on any atom is -0.406 e. The molecule has 0 aliphatic carbocycles. The van der Waals surface area contributed by atoms with Crippen LogP contribution in [0.5, 0.6) is 5.75 Å². The molecule has 0 unspecified atom stereocenters. The maximum absolute atomic E-state index is 13.3. The van der Waals surface area contributed by atoms with Gasteiger partial charge >= 0.3 is 16.5 Å². The Morgan fingerprint density at radius 2 is 1.65 bits per heavy atom. The van der Waals surface area contributed by atoms with Crippen molar-refractivity contribution in [2.24, 2.45) is 0 Å². The molecule has 0 amide bonds. The number of benzene rings is 1. The zero-order chi connectivity index (χ0) is 17.6. The lowest BCUT2D eigenvalue weighted by molar-refractivity contribution is -0.274. The number of fused-ring (bicyclic) bond motifs is 1. The Balaban J connectivity index is 2.58. The summed E-state index contributed by atoms with van der Waals surface area (Å²) in [5.74, 6) is -2.37. The van der Waals surface area contributed by atoms with Crippen molar-refractivity contribution in [3.63, 3.8) is 0 Å². The highest BCUT2D eigenvalue weighted by Crippen LogP contribution is 2.43. The smallest absolute Gasteiger partial charge is 0.406 e. The van der Waals surface area contributed by atoms with Crippen LogP contribution in [0.25, 0.3) is 11.0 Å². The van der Waals surface area contributed by atoms with Gasteiger partial charge in [-0.25, -0.2) is 4.98 Å². The van der Waals surface area contributed by atoms with E-state index in [-0.39, 0.29) is 21.4 Å². The second kappa shape index (κ2) is 5.78. The van der Waals surface area contributed by atoms with Crippen molar-refractivity contribution < 1.29 is 35.5 Å². The molecule has 0 aliphatic rings. The summed E-state index contributed by atoms with van der Waals surface area (Å²) in [6.45, 7) is 0. The van der Waals surface area contributed by atoms with E-state index in [1.165, 1.54) is 0 Å². The highest BCUT2D eigenvalue weighted by Gasteiger charge is 2.40. The molecule has 23 heavy (non-hydrogen) atoms. The number of hydrogen-bond acceptors (Lipinski definition) is 3. The molecule has 13 heteroatoms. The molecule has 128 valence electrons. The van der Waals surface area contributed by atoms with Gasteiger partial charge in [0.15, 0.2) is 0 Å². The van der Waals surface area contributed by atoms with Gasteiger partial charge in [-0.1, -0.05) is 23.2 Å². The van der Waals surface area contributed by atoms with Crippen LogP contribution in [0.4, 0.5) is 30.7 Å². The van der Waals surface area contributed by atoms with Crippen LogP contribution in [-0.4, -0.2) is 19.2 Å². The number of rotatable bonds is 3. The summed E-state index contributed by atoms with van der Waals surface area (Å²) in [6.07, 6.45) is -10.0. The van der Waals surface area contributed by atoms with Crippen molar-refractivity contribution in [1.29, 1.82) is 0 Å². The van der Waals surface area contributed by atoms with Crippen LogP contribution in [0.2, 0.25) is 0 Å². The number of hydrogen-bond donors (Lipinski definition) is 0. The highest BCUT2D eigenvalue weighted by molar-refractivity contribution is 8.01. The first-order chi connectivity index (χ1) is 10.3. The molecule has 1 aromatic heterocycles. The Bertz CT molecular complexity index is 723. The van der Waals surface area contributed by atoms with Gasteiger partial charge in [-0.3, -0.25) is 3.97 Å². The fraction of sp³-hybridized carbons (Fsp3) is 0.300. The first kappa shape index (κ1) is 18.3. The van der Waals surface area contributed by atoms with E-state index in [4.69, 9.17) is 23.2 Å². The van der Waals surface area contributed by atoms with Crippen LogP contribution in [-0.2, 0) is 6.18 Å². The van der Waals surface area contributed by atoms with Crippen molar-refractivity contribution in [2.45, 2.75) is 16.5 Å². The summed E-state index contributed by atoms with van der Waals surface area (Å²) in [7, 11) is 0. The topological polar surface area (TPSA) is 27.1 Å². The number of ether oxygens (including phenoxy) is 1. The number of halogens is 9. The highest BCUT2D eigenvalue weighted by atomic mass is 35.5. The van der Waals surface area contributed by atoms with Gasteiger partial charge in [0, 0.05) is 18.0 Å². The average molecular weight is 403 g/mol. The third kappa shape index (κ3) is 4.70. The van der Waals surface area contributed by atoms with Gasteiger partial charge in [-0.05, 0) is 12.1 Å². The Hall–Kier alpha value is -1.07. The van der Waals surface area contributed by atoms with Crippen LogP contribution in [0, 0.1) is 0 Å². The zero-order valence-corrected chi connectivity index (χ0v) is 12.7. The van der Waals surface area contributed by atoms with Crippen molar-refractivity contribution in [1.82, 2.24) is 8.96 Å². The molecule has 3 nitrogen and oxygen atoms in total. The Labute approximate surface area is 137 Å². The molecule has 2 rings (SSSR count). The SMILES string of the molecule is FC(F)(F)Oc1ccc2c(c1)nc(C(F)(F)F)n2SC(F)(Cl)Cl. The van der Waals surface area contributed by atoms with Crippen molar-refractivity contribution in [2.75, 3.05) is 0 Å². The molecule has 0 radical (unpaired) electrons. The molecule has 0 atom stereocenters. The van der Waals surface area contributed by atoms with E-state index in [0.717, 1.165) is 12.1 Å². The molecule has 2 aromatic rings. The van der Waals surface area contributed by atoms with Crippen LogP contribution in [0.3, 0.4) is 0 Å².